The van der Waals surface area contributed by atoms with E-state index in [2.05, 4.69) is 39.4 Å². The average Bonchev–Trinajstić information content (AvgIpc) is 3.43. The smallest absolute Gasteiger partial charge is 0.236 e. The van der Waals surface area contributed by atoms with Crippen molar-refractivity contribution in [1.29, 1.82) is 0 Å². The Balaban J connectivity index is 1.32. The van der Waals surface area contributed by atoms with Crippen molar-refractivity contribution in [2.45, 2.75) is 19.6 Å². The minimum Gasteiger partial charge on any atom is -0.468 e. The van der Waals surface area contributed by atoms with Gasteiger partial charge < -0.3 is 9.32 Å². The second kappa shape index (κ2) is 9.87. The summed E-state index contributed by atoms with van der Waals surface area (Å²) in [5.41, 5.74) is 1.20. The highest BCUT2D eigenvalue weighted by molar-refractivity contribution is 7.09. The number of thiophene rings is 1. The van der Waals surface area contributed by atoms with Gasteiger partial charge in [-0.15, -0.1) is 11.3 Å². The van der Waals surface area contributed by atoms with Crippen LogP contribution < -0.4 is 0 Å². The van der Waals surface area contributed by atoms with Gasteiger partial charge >= 0.3 is 0 Å². The number of hydrogen-bond acceptors (Lipinski definition) is 5. The van der Waals surface area contributed by atoms with E-state index in [0.717, 1.165) is 45.0 Å². The molecule has 2 aromatic heterocycles. The Morgan fingerprint density at radius 2 is 1.79 bits per heavy atom. The number of piperazine rings is 1. The van der Waals surface area contributed by atoms with E-state index in [9.17, 15) is 4.79 Å². The third-order valence-corrected chi connectivity index (χ3v) is 6.11. The van der Waals surface area contributed by atoms with Gasteiger partial charge in [-0.05, 0) is 29.1 Å². The predicted octanol–water partition coefficient (Wildman–Crippen LogP) is 3.69. The lowest BCUT2D eigenvalue weighted by atomic mass is 10.2. The molecule has 0 saturated carbocycles. The first kappa shape index (κ1) is 19.9. The third kappa shape index (κ3) is 5.79. The summed E-state index contributed by atoms with van der Waals surface area (Å²) >= 11 is 1.80. The van der Waals surface area contributed by atoms with Gasteiger partial charge in [-0.2, -0.15) is 0 Å². The Bertz CT molecular complexity index is 857. The van der Waals surface area contributed by atoms with E-state index >= 15 is 0 Å². The molecule has 0 unspecified atom stereocenters. The first-order chi connectivity index (χ1) is 14.3. The van der Waals surface area contributed by atoms with Crippen LogP contribution in [-0.2, 0) is 24.4 Å². The molecule has 152 valence electrons. The third-order valence-electron chi connectivity index (χ3n) is 5.25. The van der Waals surface area contributed by atoms with Gasteiger partial charge in [-0.1, -0.05) is 36.4 Å². The molecular formula is C23H27N3O2S. The lowest BCUT2D eigenvalue weighted by molar-refractivity contribution is -0.134. The van der Waals surface area contributed by atoms with Gasteiger partial charge in [0.25, 0.3) is 0 Å². The van der Waals surface area contributed by atoms with Crippen molar-refractivity contribution in [3.63, 3.8) is 0 Å². The second-order valence-corrected chi connectivity index (χ2v) is 8.48. The van der Waals surface area contributed by atoms with Gasteiger partial charge in [-0.3, -0.25) is 14.6 Å². The first-order valence-corrected chi connectivity index (χ1v) is 11.0. The molecule has 0 bridgehead atoms. The van der Waals surface area contributed by atoms with Crippen LogP contribution in [0.3, 0.4) is 0 Å². The Morgan fingerprint density at radius 3 is 2.48 bits per heavy atom. The standard InChI is InChI=1S/C23H27N3O2S/c27-23(26-12-10-24(11-13-26)18-22-9-5-15-29-22)19-25(17-21-8-4-14-28-21)16-20-6-2-1-3-7-20/h1-9,14-15H,10-13,16-19H2. The summed E-state index contributed by atoms with van der Waals surface area (Å²) in [6.45, 7) is 6.20. The van der Waals surface area contributed by atoms with E-state index in [1.807, 2.05) is 35.2 Å². The zero-order valence-electron chi connectivity index (χ0n) is 16.6. The summed E-state index contributed by atoms with van der Waals surface area (Å²) in [4.78, 5) is 21.0. The zero-order valence-corrected chi connectivity index (χ0v) is 17.4. The number of benzene rings is 1. The number of nitrogens with zero attached hydrogens (tertiary/aromatic N) is 3. The van der Waals surface area contributed by atoms with Crippen LogP contribution in [0.2, 0.25) is 0 Å². The SMILES string of the molecule is O=C(CN(Cc1ccccc1)Cc1ccco1)N1CCN(Cc2cccs2)CC1. The highest BCUT2D eigenvalue weighted by Gasteiger charge is 2.23. The van der Waals surface area contributed by atoms with Crippen molar-refractivity contribution in [2.24, 2.45) is 0 Å². The van der Waals surface area contributed by atoms with Gasteiger partial charge in [0.15, 0.2) is 0 Å². The molecule has 6 heteroatoms. The van der Waals surface area contributed by atoms with Crippen LogP contribution in [0, 0.1) is 0 Å². The summed E-state index contributed by atoms with van der Waals surface area (Å²) in [6, 6.07) is 18.4. The van der Waals surface area contributed by atoms with Crippen LogP contribution in [0.25, 0.3) is 0 Å². The summed E-state index contributed by atoms with van der Waals surface area (Å²) in [7, 11) is 0. The fourth-order valence-electron chi connectivity index (χ4n) is 3.70. The predicted molar refractivity (Wildman–Crippen MR) is 115 cm³/mol. The Labute approximate surface area is 176 Å². The van der Waals surface area contributed by atoms with E-state index < -0.39 is 0 Å². The van der Waals surface area contributed by atoms with Crippen molar-refractivity contribution < 1.29 is 9.21 Å². The van der Waals surface area contributed by atoms with Crippen LogP contribution >= 0.6 is 11.3 Å². The molecule has 1 aliphatic heterocycles. The van der Waals surface area contributed by atoms with Crippen LogP contribution in [0.4, 0.5) is 0 Å². The maximum absolute atomic E-state index is 13.0. The number of carbonyl (C=O) groups is 1. The summed E-state index contributed by atoms with van der Waals surface area (Å²) < 4.78 is 5.52. The number of rotatable bonds is 8. The highest BCUT2D eigenvalue weighted by atomic mass is 32.1. The molecule has 1 aromatic carbocycles. The molecule has 0 spiro atoms. The maximum Gasteiger partial charge on any atom is 0.236 e. The molecule has 0 N–H and O–H groups in total. The van der Waals surface area contributed by atoms with Gasteiger partial charge in [0.2, 0.25) is 5.91 Å². The molecule has 3 heterocycles. The van der Waals surface area contributed by atoms with Crippen LogP contribution in [0.15, 0.2) is 70.7 Å². The van der Waals surface area contributed by atoms with Crippen molar-refractivity contribution in [3.8, 4) is 0 Å². The molecule has 4 rings (SSSR count). The number of furan rings is 1. The molecule has 1 aliphatic rings. The van der Waals surface area contributed by atoms with E-state index in [1.54, 1.807) is 17.6 Å². The van der Waals surface area contributed by atoms with Crippen LogP contribution in [-0.4, -0.2) is 53.3 Å². The fourth-order valence-corrected chi connectivity index (χ4v) is 4.45. The van der Waals surface area contributed by atoms with E-state index in [-0.39, 0.29) is 5.91 Å². The zero-order chi connectivity index (χ0) is 19.9. The molecule has 5 nitrogen and oxygen atoms in total. The molecule has 1 amide bonds. The van der Waals surface area contributed by atoms with Gasteiger partial charge in [0, 0.05) is 44.1 Å². The summed E-state index contributed by atoms with van der Waals surface area (Å²) in [6.07, 6.45) is 1.69. The minimum absolute atomic E-state index is 0.197. The quantitative estimate of drug-likeness (QED) is 0.569. The molecule has 0 radical (unpaired) electrons. The van der Waals surface area contributed by atoms with Gasteiger partial charge in [-0.25, -0.2) is 0 Å². The molecule has 3 aromatic rings. The van der Waals surface area contributed by atoms with Crippen LogP contribution in [0.1, 0.15) is 16.2 Å². The number of carbonyl (C=O) groups excluding carboxylic acids is 1. The maximum atomic E-state index is 13.0. The molecule has 0 aliphatic carbocycles. The van der Waals surface area contributed by atoms with Crippen LogP contribution in [0.5, 0.6) is 0 Å². The van der Waals surface area contributed by atoms with E-state index in [0.29, 0.717) is 13.1 Å². The Morgan fingerprint density at radius 1 is 0.966 bits per heavy atom. The fraction of sp³-hybridized carbons (Fsp3) is 0.348. The monoisotopic (exact) mass is 409 g/mol. The molecular weight excluding hydrogens is 382 g/mol. The lowest BCUT2D eigenvalue weighted by Crippen LogP contribution is -2.50. The first-order valence-electron chi connectivity index (χ1n) is 10.1. The van der Waals surface area contributed by atoms with Crippen molar-refractivity contribution in [2.75, 3.05) is 32.7 Å². The molecule has 1 saturated heterocycles. The number of amides is 1. The van der Waals surface area contributed by atoms with Crippen molar-refractivity contribution in [1.82, 2.24) is 14.7 Å². The second-order valence-electron chi connectivity index (χ2n) is 7.45. The van der Waals surface area contributed by atoms with E-state index in [1.165, 1.54) is 10.4 Å². The molecule has 0 atom stereocenters. The Hall–Kier alpha value is -2.41. The molecule has 29 heavy (non-hydrogen) atoms. The lowest BCUT2D eigenvalue weighted by Gasteiger charge is -2.35. The van der Waals surface area contributed by atoms with Crippen molar-refractivity contribution in [3.05, 3.63) is 82.4 Å². The summed E-state index contributed by atoms with van der Waals surface area (Å²) in [5.74, 6) is 1.08. The Kier molecular flexibility index (Phi) is 6.77. The molecule has 1 fully saturated rings. The minimum atomic E-state index is 0.197. The average molecular weight is 410 g/mol. The van der Waals surface area contributed by atoms with E-state index in [4.69, 9.17) is 4.42 Å². The highest BCUT2D eigenvalue weighted by Crippen LogP contribution is 2.15. The largest absolute Gasteiger partial charge is 0.468 e. The summed E-state index contributed by atoms with van der Waals surface area (Å²) in [5, 5.41) is 2.12. The van der Waals surface area contributed by atoms with Crippen molar-refractivity contribution >= 4 is 17.2 Å². The normalized spacial score (nSPS) is 15.1. The topological polar surface area (TPSA) is 39.9 Å². The van der Waals surface area contributed by atoms with Gasteiger partial charge in [0.1, 0.15) is 5.76 Å². The van der Waals surface area contributed by atoms with Gasteiger partial charge in [0.05, 0.1) is 19.4 Å². The number of hydrogen-bond donors (Lipinski definition) is 0.